The second-order valence-electron chi connectivity index (χ2n) is 3.86. The normalized spacial score (nSPS) is 13.4. The van der Waals surface area contributed by atoms with Gasteiger partial charge in [-0.3, -0.25) is 4.55 Å². The Balaban J connectivity index is 2.43. The van der Waals surface area contributed by atoms with E-state index in [1.54, 1.807) is 13.0 Å². The minimum absolute atomic E-state index is 0.163. The molecule has 95 valence electrons. The molecule has 0 aromatic heterocycles. The summed E-state index contributed by atoms with van der Waals surface area (Å²) in [5.41, 5.74) is -1.26. The average molecular weight is 265 g/mol. The Hall–Kier alpha value is -1.59. The van der Waals surface area contributed by atoms with Gasteiger partial charge in [-0.2, -0.15) is 8.42 Å². The predicted octanol–water partition coefficient (Wildman–Crippen LogP) is 2.64. The van der Waals surface area contributed by atoms with Gasteiger partial charge in [-0.05, 0) is 17.9 Å². The summed E-state index contributed by atoms with van der Waals surface area (Å²) >= 11 is 0. The van der Waals surface area contributed by atoms with E-state index in [2.05, 4.69) is 6.07 Å². The molecule has 0 aliphatic rings. The van der Waals surface area contributed by atoms with E-state index in [-0.39, 0.29) is 6.42 Å². The zero-order chi connectivity index (χ0) is 13.2. The molecule has 0 saturated carbocycles. The van der Waals surface area contributed by atoms with Crippen molar-refractivity contribution in [2.75, 3.05) is 0 Å². The molecule has 1 unspecified atom stereocenters. The van der Waals surface area contributed by atoms with Crippen molar-refractivity contribution in [2.45, 2.75) is 18.8 Å². The molecule has 0 bridgehead atoms. The van der Waals surface area contributed by atoms with Crippen LogP contribution < -0.4 is 4.74 Å². The van der Waals surface area contributed by atoms with Crippen LogP contribution in [0.4, 0.5) is 0 Å². The molecule has 0 amide bonds. The summed E-state index contributed by atoms with van der Waals surface area (Å²) in [6.07, 6.45) is 0.163. The lowest BCUT2D eigenvalue weighted by Crippen LogP contribution is -2.26. The van der Waals surface area contributed by atoms with E-state index in [0.29, 0.717) is 5.75 Å². The first kappa shape index (κ1) is 12.9. The molecule has 2 rings (SSSR count). The van der Waals surface area contributed by atoms with Crippen molar-refractivity contribution >= 4 is 20.9 Å². The summed E-state index contributed by atoms with van der Waals surface area (Å²) < 4.78 is 36.6. The quantitative estimate of drug-likeness (QED) is 0.863. The molecule has 1 atom stereocenters. The van der Waals surface area contributed by atoms with Crippen LogP contribution >= 0.6 is 0 Å². The fourth-order valence-corrected chi connectivity index (χ4v) is 2.36. The first-order valence-corrected chi connectivity index (χ1v) is 7.05. The van der Waals surface area contributed by atoms with E-state index in [9.17, 15) is 8.42 Å². The molecule has 4 nitrogen and oxygen atoms in total. The lowest BCUT2D eigenvalue weighted by molar-refractivity contribution is 0.255. The van der Waals surface area contributed by atoms with Gasteiger partial charge in [-0.15, -0.1) is 0 Å². The number of ether oxygens (including phenoxy) is 1. The second kappa shape index (κ2) is 4.96. The Labute approximate surface area is 106 Å². The van der Waals surface area contributed by atoms with Gasteiger partial charge in [-0.1, -0.05) is 37.3 Å². The molecule has 0 saturated heterocycles. The largest absolute Gasteiger partial charge is 0.471 e. The third-order valence-corrected chi connectivity index (χ3v) is 3.69. The maximum Gasteiger partial charge on any atom is 0.303 e. The van der Waals surface area contributed by atoms with Crippen molar-refractivity contribution in [3.8, 4) is 5.75 Å². The van der Waals surface area contributed by atoms with Gasteiger partial charge >= 0.3 is 10.1 Å². The van der Waals surface area contributed by atoms with Crippen LogP contribution in [-0.4, -0.2) is 18.4 Å². The van der Waals surface area contributed by atoms with E-state index < -0.39 is 15.6 Å². The molecule has 5 heteroatoms. The van der Waals surface area contributed by atoms with Gasteiger partial charge in [0.25, 0.3) is 0 Å². The highest BCUT2D eigenvalue weighted by molar-refractivity contribution is 7.86. The molecule has 0 heterocycles. The van der Waals surface area contributed by atoms with Crippen molar-refractivity contribution in [1.29, 1.82) is 0 Å². The Morgan fingerprint density at radius 2 is 2.06 bits per heavy atom. The number of hydrogen-bond acceptors (Lipinski definition) is 3. The third kappa shape index (κ3) is 2.63. The minimum Gasteiger partial charge on any atom is -0.471 e. The fraction of sp³-hybridized carbons (Fsp3) is 0.231. The molecule has 1 N–H and O–H groups in total. The molecule has 1 radical (unpaired) electrons. The lowest BCUT2D eigenvalue weighted by Gasteiger charge is -2.15. The van der Waals surface area contributed by atoms with E-state index in [4.69, 9.17) is 9.29 Å². The van der Waals surface area contributed by atoms with Crippen LogP contribution in [0.5, 0.6) is 5.75 Å². The molecule has 2 aromatic rings. The number of benzene rings is 2. The Bertz CT molecular complexity index is 644. The average Bonchev–Trinajstić information content (AvgIpc) is 2.34. The standard InChI is InChI=1S/C13H13O4S/c1-2-13(18(14,15)16)17-12-9-5-7-10-6-3-4-8-11(10)12/h3-8,13H,2H2,1H3,(H,14,15,16). The summed E-state index contributed by atoms with van der Waals surface area (Å²) in [5.74, 6) is 0.331. The van der Waals surface area contributed by atoms with Crippen LogP contribution in [0.15, 0.2) is 36.4 Å². The zero-order valence-electron chi connectivity index (χ0n) is 9.83. The molecule has 0 aliphatic carbocycles. The summed E-state index contributed by atoms with van der Waals surface area (Å²) in [6, 6.07) is 13.8. The highest BCUT2D eigenvalue weighted by atomic mass is 32.2. The van der Waals surface area contributed by atoms with Crippen molar-refractivity contribution in [1.82, 2.24) is 0 Å². The van der Waals surface area contributed by atoms with Gasteiger partial charge in [-0.25, -0.2) is 0 Å². The van der Waals surface area contributed by atoms with Crippen LogP contribution in [0, 0.1) is 6.07 Å². The van der Waals surface area contributed by atoms with Crippen LogP contribution in [0.2, 0.25) is 0 Å². The zero-order valence-corrected chi connectivity index (χ0v) is 10.6. The number of hydrogen-bond donors (Lipinski definition) is 1. The van der Waals surface area contributed by atoms with E-state index in [1.165, 1.54) is 0 Å². The Morgan fingerprint density at radius 1 is 1.33 bits per heavy atom. The molecule has 18 heavy (non-hydrogen) atoms. The van der Waals surface area contributed by atoms with Crippen LogP contribution in [0.1, 0.15) is 13.3 Å². The van der Waals surface area contributed by atoms with Crippen molar-refractivity contribution < 1.29 is 17.7 Å². The smallest absolute Gasteiger partial charge is 0.303 e. The highest BCUT2D eigenvalue weighted by Gasteiger charge is 2.23. The second-order valence-corrected chi connectivity index (χ2v) is 5.42. The van der Waals surface area contributed by atoms with Crippen molar-refractivity contribution in [3.63, 3.8) is 0 Å². The summed E-state index contributed by atoms with van der Waals surface area (Å²) in [5, 5.41) is 1.69. The van der Waals surface area contributed by atoms with Gasteiger partial charge < -0.3 is 4.74 Å². The topological polar surface area (TPSA) is 63.6 Å². The summed E-state index contributed by atoms with van der Waals surface area (Å²) in [4.78, 5) is 0. The predicted molar refractivity (Wildman–Crippen MR) is 69.0 cm³/mol. The monoisotopic (exact) mass is 265 g/mol. The van der Waals surface area contributed by atoms with Crippen molar-refractivity contribution in [3.05, 3.63) is 42.5 Å². The number of rotatable bonds is 4. The molecular formula is C13H13O4S. The van der Waals surface area contributed by atoms with Crippen LogP contribution in [0.25, 0.3) is 10.8 Å². The molecule has 0 fully saturated rings. The Kier molecular flexibility index (Phi) is 3.54. The first-order valence-electron chi connectivity index (χ1n) is 5.54. The maximum absolute atomic E-state index is 11.1. The van der Waals surface area contributed by atoms with Crippen LogP contribution in [0.3, 0.4) is 0 Å². The van der Waals surface area contributed by atoms with Crippen molar-refractivity contribution in [2.24, 2.45) is 0 Å². The maximum atomic E-state index is 11.1. The summed E-state index contributed by atoms with van der Waals surface area (Å²) in [7, 11) is -4.22. The molecule has 0 aliphatic heterocycles. The van der Waals surface area contributed by atoms with E-state index >= 15 is 0 Å². The molecule has 0 spiro atoms. The SMILES string of the molecule is CCC(Oc1[c]ccc2ccccc12)S(=O)(=O)O. The number of fused-ring (bicyclic) bond motifs is 1. The summed E-state index contributed by atoms with van der Waals surface area (Å²) in [6.45, 7) is 1.63. The van der Waals surface area contributed by atoms with Gasteiger partial charge in [0.15, 0.2) is 0 Å². The van der Waals surface area contributed by atoms with E-state index in [0.717, 1.165) is 10.8 Å². The van der Waals surface area contributed by atoms with Gasteiger partial charge in [0.2, 0.25) is 5.44 Å². The van der Waals surface area contributed by atoms with Gasteiger partial charge in [0, 0.05) is 11.5 Å². The Morgan fingerprint density at radius 3 is 2.72 bits per heavy atom. The van der Waals surface area contributed by atoms with Gasteiger partial charge in [0.05, 0.1) is 0 Å². The molecular weight excluding hydrogens is 252 g/mol. The van der Waals surface area contributed by atoms with Crippen LogP contribution in [-0.2, 0) is 10.1 Å². The molecule has 2 aromatic carbocycles. The van der Waals surface area contributed by atoms with E-state index in [1.807, 2.05) is 30.3 Å². The fourth-order valence-electron chi connectivity index (χ4n) is 1.72. The third-order valence-electron chi connectivity index (χ3n) is 2.60. The first-order chi connectivity index (χ1) is 8.52. The minimum atomic E-state index is -4.22. The highest BCUT2D eigenvalue weighted by Crippen LogP contribution is 2.26. The van der Waals surface area contributed by atoms with Gasteiger partial charge in [0.1, 0.15) is 5.75 Å². The lowest BCUT2D eigenvalue weighted by atomic mass is 10.1.